The number of aryl methyl sites for hydroxylation is 1. The molecule has 0 atom stereocenters. The van der Waals surface area contributed by atoms with E-state index in [4.69, 9.17) is 0 Å². The lowest BCUT2D eigenvalue weighted by Gasteiger charge is -2.32. The molecule has 1 aromatic rings. The van der Waals surface area contributed by atoms with Crippen LogP contribution in [0.2, 0.25) is 0 Å². The highest BCUT2D eigenvalue weighted by atomic mass is 16.2. The monoisotopic (exact) mass is 310 g/mol. The minimum atomic E-state index is 0.0704. The lowest BCUT2D eigenvalue weighted by molar-refractivity contribution is -0.128. The van der Waals surface area contributed by atoms with Gasteiger partial charge in [-0.05, 0) is 38.1 Å². The van der Waals surface area contributed by atoms with E-state index in [-0.39, 0.29) is 5.91 Å². The van der Waals surface area contributed by atoms with Crippen LogP contribution in [0.25, 0.3) is 5.57 Å². The highest BCUT2D eigenvalue weighted by molar-refractivity contribution is 5.96. The first-order valence-corrected chi connectivity index (χ1v) is 8.07. The van der Waals surface area contributed by atoms with Crippen molar-refractivity contribution in [2.75, 3.05) is 33.2 Å². The van der Waals surface area contributed by atoms with E-state index in [0.29, 0.717) is 5.57 Å². The van der Waals surface area contributed by atoms with Gasteiger partial charge in [-0.15, -0.1) is 0 Å². The van der Waals surface area contributed by atoms with E-state index in [2.05, 4.69) is 56.6 Å². The van der Waals surface area contributed by atoms with Crippen LogP contribution in [0.15, 0.2) is 54.6 Å². The molecular formula is C20H26N2O. The molecule has 0 saturated carbocycles. The molecule has 1 amide bonds. The van der Waals surface area contributed by atoms with Gasteiger partial charge < -0.3 is 9.80 Å². The van der Waals surface area contributed by atoms with Gasteiger partial charge in [0.15, 0.2) is 0 Å². The zero-order valence-electron chi connectivity index (χ0n) is 14.4. The van der Waals surface area contributed by atoms with Gasteiger partial charge in [-0.3, -0.25) is 4.79 Å². The zero-order chi connectivity index (χ0) is 16.8. The highest BCUT2D eigenvalue weighted by Gasteiger charge is 2.20. The Morgan fingerprint density at radius 1 is 1.09 bits per heavy atom. The Morgan fingerprint density at radius 2 is 1.70 bits per heavy atom. The quantitative estimate of drug-likeness (QED) is 0.629. The fourth-order valence-electron chi connectivity index (χ4n) is 2.55. The Labute approximate surface area is 139 Å². The van der Waals surface area contributed by atoms with Gasteiger partial charge >= 0.3 is 0 Å². The Bertz CT molecular complexity index is 618. The minimum Gasteiger partial charge on any atom is -0.336 e. The van der Waals surface area contributed by atoms with E-state index in [9.17, 15) is 4.79 Å². The second kappa shape index (κ2) is 7.93. The molecule has 1 saturated heterocycles. The van der Waals surface area contributed by atoms with Crippen LogP contribution in [0.1, 0.15) is 18.1 Å². The van der Waals surface area contributed by atoms with Crippen LogP contribution in [0, 0.1) is 6.92 Å². The van der Waals surface area contributed by atoms with Crippen molar-refractivity contribution in [3.63, 3.8) is 0 Å². The predicted molar refractivity (Wildman–Crippen MR) is 97.2 cm³/mol. The molecule has 1 heterocycles. The summed E-state index contributed by atoms with van der Waals surface area (Å²) in [6.45, 7) is 11.3. The summed E-state index contributed by atoms with van der Waals surface area (Å²) in [6, 6.07) is 8.40. The molecule has 0 spiro atoms. The van der Waals surface area contributed by atoms with Crippen LogP contribution in [-0.2, 0) is 4.79 Å². The van der Waals surface area contributed by atoms with Crippen LogP contribution < -0.4 is 0 Å². The fraction of sp³-hybridized carbons (Fsp3) is 0.350. The van der Waals surface area contributed by atoms with Crippen molar-refractivity contribution in [3.05, 3.63) is 65.8 Å². The summed E-state index contributed by atoms with van der Waals surface area (Å²) in [5, 5.41) is 0. The molecule has 1 fully saturated rings. The molecule has 2 rings (SSSR count). The molecule has 0 unspecified atom stereocenters. The lowest BCUT2D eigenvalue weighted by atomic mass is 10.0. The molecule has 1 aliphatic heterocycles. The highest BCUT2D eigenvalue weighted by Crippen LogP contribution is 2.16. The SMILES string of the molecule is C=C/C(=C\C=C(/C)c1ccc(C)cc1)C(=O)N1CCN(C)CC1. The molecule has 3 heteroatoms. The van der Waals surface area contributed by atoms with Crippen LogP contribution in [0.5, 0.6) is 0 Å². The molecular weight excluding hydrogens is 284 g/mol. The van der Waals surface area contributed by atoms with Crippen molar-refractivity contribution in [2.24, 2.45) is 0 Å². The minimum absolute atomic E-state index is 0.0704. The van der Waals surface area contributed by atoms with E-state index in [1.165, 1.54) is 11.1 Å². The molecule has 0 aliphatic carbocycles. The molecule has 1 aromatic carbocycles. The number of allylic oxidation sites excluding steroid dienone is 3. The van der Waals surface area contributed by atoms with Crippen molar-refractivity contribution in [1.82, 2.24) is 9.80 Å². The van der Waals surface area contributed by atoms with Crippen LogP contribution in [-0.4, -0.2) is 48.9 Å². The first kappa shape index (κ1) is 17.2. The number of likely N-dealkylation sites (N-methyl/N-ethyl adjacent to an activating group) is 1. The van der Waals surface area contributed by atoms with Gasteiger partial charge in [0.1, 0.15) is 0 Å². The number of amides is 1. The number of carbonyl (C=O) groups is 1. The molecule has 23 heavy (non-hydrogen) atoms. The maximum Gasteiger partial charge on any atom is 0.253 e. The van der Waals surface area contributed by atoms with E-state index in [0.717, 1.165) is 31.8 Å². The molecule has 3 nitrogen and oxygen atoms in total. The van der Waals surface area contributed by atoms with Gasteiger partial charge in [-0.1, -0.05) is 48.6 Å². The van der Waals surface area contributed by atoms with Gasteiger partial charge in [0, 0.05) is 31.8 Å². The van der Waals surface area contributed by atoms with Gasteiger partial charge in [-0.25, -0.2) is 0 Å². The number of carbonyl (C=O) groups excluding carboxylic acids is 1. The average Bonchev–Trinajstić information content (AvgIpc) is 2.56. The third-order valence-corrected chi connectivity index (χ3v) is 4.28. The van der Waals surface area contributed by atoms with Crippen molar-refractivity contribution >= 4 is 11.5 Å². The van der Waals surface area contributed by atoms with E-state index < -0.39 is 0 Å². The molecule has 0 aromatic heterocycles. The normalized spacial score (nSPS) is 17.3. The Balaban J connectivity index is 2.11. The first-order chi connectivity index (χ1) is 11.0. The third-order valence-electron chi connectivity index (χ3n) is 4.28. The van der Waals surface area contributed by atoms with Crippen molar-refractivity contribution in [1.29, 1.82) is 0 Å². The smallest absolute Gasteiger partial charge is 0.253 e. The van der Waals surface area contributed by atoms with Crippen LogP contribution in [0.4, 0.5) is 0 Å². The predicted octanol–water partition coefficient (Wildman–Crippen LogP) is 3.28. The first-order valence-electron chi connectivity index (χ1n) is 8.07. The topological polar surface area (TPSA) is 23.6 Å². The number of piperazine rings is 1. The fourth-order valence-corrected chi connectivity index (χ4v) is 2.55. The third kappa shape index (κ3) is 4.67. The van der Waals surface area contributed by atoms with Crippen molar-refractivity contribution < 1.29 is 4.79 Å². The number of benzene rings is 1. The summed E-state index contributed by atoms with van der Waals surface area (Å²) in [5.41, 5.74) is 4.20. The standard InChI is InChI=1S/C20H26N2O/c1-5-18(20(23)22-14-12-21(4)13-15-22)11-8-17(3)19-9-6-16(2)7-10-19/h5-11H,1,12-15H2,2-4H3/b17-8+,18-11+. The second-order valence-corrected chi connectivity index (χ2v) is 6.14. The number of hydrogen-bond donors (Lipinski definition) is 0. The number of rotatable bonds is 4. The largest absolute Gasteiger partial charge is 0.336 e. The average molecular weight is 310 g/mol. The van der Waals surface area contributed by atoms with E-state index >= 15 is 0 Å². The van der Waals surface area contributed by atoms with Crippen LogP contribution >= 0.6 is 0 Å². The van der Waals surface area contributed by atoms with Crippen molar-refractivity contribution in [3.8, 4) is 0 Å². The maximum absolute atomic E-state index is 12.6. The zero-order valence-corrected chi connectivity index (χ0v) is 14.4. The summed E-state index contributed by atoms with van der Waals surface area (Å²) in [7, 11) is 2.08. The van der Waals surface area contributed by atoms with Crippen LogP contribution in [0.3, 0.4) is 0 Å². The molecule has 1 aliphatic rings. The molecule has 0 bridgehead atoms. The van der Waals surface area contributed by atoms with Gasteiger partial charge in [0.05, 0.1) is 0 Å². The maximum atomic E-state index is 12.6. The Kier molecular flexibility index (Phi) is 5.94. The van der Waals surface area contributed by atoms with Gasteiger partial charge in [-0.2, -0.15) is 0 Å². The van der Waals surface area contributed by atoms with E-state index in [1.54, 1.807) is 6.08 Å². The summed E-state index contributed by atoms with van der Waals surface area (Å²) in [5.74, 6) is 0.0704. The summed E-state index contributed by atoms with van der Waals surface area (Å²) in [4.78, 5) is 16.7. The molecule has 0 radical (unpaired) electrons. The summed E-state index contributed by atoms with van der Waals surface area (Å²) >= 11 is 0. The van der Waals surface area contributed by atoms with Gasteiger partial charge in [0.25, 0.3) is 5.91 Å². The molecule has 0 N–H and O–H groups in total. The Morgan fingerprint density at radius 3 is 2.26 bits per heavy atom. The Hall–Kier alpha value is -2.13. The lowest BCUT2D eigenvalue weighted by Crippen LogP contribution is -2.47. The van der Waals surface area contributed by atoms with E-state index in [1.807, 2.05) is 17.1 Å². The number of nitrogens with zero attached hydrogens (tertiary/aromatic N) is 2. The number of hydrogen-bond acceptors (Lipinski definition) is 2. The second-order valence-electron chi connectivity index (χ2n) is 6.14. The summed E-state index contributed by atoms with van der Waals surface area (Å²) < 4.78 is 0. The summed E-state index contributed by atoms with van der Waals surface area (Å²) in [6.07, 6.45) is 5.53. The van der Waals surface area contributed by atoms with Gasteiger partial charge in [0.2, 0.25) is 0 Å². The van der Waals surface area contributed by atoms with Crippen molar-refractivity contribution in [2.45, 2.75) is 13.8 Å². The molecule has 122 valence electrons.